The molecule has 0 aliphatic heterocycles. The number of nitrogens with one attached hydrogen (secondary N) is 1. The maximum absolute atomic E-state index is 11.7. The highest BCUT2D eigenvalue weighted by atomic mass is 35.5. The Morgan fingerprint density at radius 1 is 1.23 bits per heavy atom. The van der Waals surface area contributed by atoms with Crippen molar-refractivity contribution in [3.05, 3.63) is 29.3 Å². The highest BCUT2D eigenvalue weighted by molar-refractivity contribution is 6.30. The molecule has 0 aliphatic rings. The maximum Gasteiger partial charge on any atom is 0.258 e. The highest BCUT2D eigenvalue weighted by Gasteiger charge is 2.09. The first-order chi connectivity index (χ1) is 10.5. The number of methoxy groups -OCH3 is 1. The number of nitrogens with zero attached hydrogens (tertiary/aromatic N) is 1. The minimum absolute atomic E-state index is 0.0521. The molecule has 1 aromatic rings. The Kier molecular flexibility index (Phi) is 8.32. The lowest BCUT2D eigenvalue weighted by molar-refractivity contribution is -0.130. The standard InChI is InChI=1S/C15H21ClN2O4/c1-12(19)18(9-10-21-2)8-7-17-15(20)11-22-14-5-3-13(16)4-6-14/h3-6H,7-11H2,1-2H3,(H,17,20). The lowest BCUT2D eigenvalue weighted by Gasteiger charge is -2.20. The Labute approximate surface area is 135 Å². The second-order valence-electron chi connectivity index (χ2n) is 4.59. The summed E-state index contributed by atoms with van der Waals surface area (Å²) in [5.74, 6) is 0.277. The smallest absolute Gasteiger partial charge is 0.258 e. The van der Waals surface area contributed by atoms with Crippen LogP contribution in [-0.2, 0) is 14.3 Å². The lowest BCUT2D eigenvalue weighted by atomic mass is 10.3. The van der Waals surface area contributed by atoms with Crippen LogP contribution in [0.5, 0.6) is 5.75 Å². The van der Waals surface area contributed by atoms with Gasteiger partial charge in [0.2, 0.25) is 5.91 Å². The SMILES string of the molecule is COCCN(CCNC(=O)COc1ccc(Cl)cc1)C(C)=O. The summed E-state index contributed by atoms with van der Waals surface area (Å²) in [5.41, 5.74) is 0. The van der Waals surface area contributed by atoms with Crippen molar-refractivity contribution in [1.29, 1.82) is 0 Å². The van der Waals surface area contributed by atoms with Crippen LogP contribution in [0.25, 0.3) is 0 Å². The van der Waals surface area contributed by atoms with Crippen LogP contribution in [0.3, 0.4) is 0 Å². The Morgan fingerprint density at radius 3 is 2.50 bits per heavy atom. The molecule has 0 spiro atoms. The molecule has 122 valence electrons. The van der Waals surface area contributed by atoms with Crippen LogP contribution in [0.15, 0.2) is 24.3 Å². The van der Waals surface area contributed by atoms with E-state index in [2.05, 4.69) is 5.32 Å². The van der Waals surface area contributed by atoms with Crippen molar-refractivity contribution in [1.82, 2.24) is 10.2 Å². The van der Waals surface area contributed by atoms with Crippen molar-refractivity contribution in [2.45, 2.75) is 6.92 Å². The molecule has 0 aliphatic carbocycles. The Morgan fingerprint density at radius 2 is 1.91 bits per heavy atom. The quantitative estimate of drug-likeness (QED) is 0.742. The summed E-state index contributed by atoms with van der Waals surface area (Å²) in [4.78, 5) is 24.7. The van der Waals surface area contributed by atoms with Crippen molar-refractivity contribution >= 4 is 23.4 Å². The third-order valence-electron chi connectivity index (χ3n) is 2.90. The van der Waals surface area contributed by atoms with Gasteiger partial charge in [0.15, 0.2) is 6.61 Å². The summed E-state index contributed by atoms with van der Waals surface area (Å²) in [6, 6.07) is 6.76. The Hall–Kier alpha value is -1.79. The predicted octanol–water partition coefficient (Wildman–Crippen LogP) is 1.33. The second-order valence-corrected chi connectivity index (χ2v) is 5.03. The monoisotopic (exact) mass is 328 g/mol. The average Bonchev–Trinajstić information content (AvgIpc) is 2.49. The lowest BCUT2D eigenvalue weighted by Crippen LogP contribution is -2.40. The molecule has 0 bridgehead atoms. The fourth-order valence-electron chi connectivity index (χ4n) is 1.69. The van der Waals surface area contributed by atoms with Crippen LogP contribution in [0, 0.1) is 0 Å². The van der Waals surface area contributed by atoms with Gasteiger partial charge < -0.3 is 19.7 Å². The second kappa shape index (κ2) is 10.0. The Bertz CT molecular complexity index is 479. The van der Waals surface area contributed by atoms with E-state index in [1.54, 1.807) is 36.3 Å². The first-order valence-electron chi connectivity index (χ1n) is 6.92. The summed E-state index contributed by atoms with van der Waals surface area (Å²) in [7, 11) is 1.58. The van der Waals surface area contributed by atoms with Gasteiger partial charge in [-0.15, -0.1) is 0 Å². The number of carbonyl (C=O) groups excluding carboxylic acids is 2. The summed E-state index contributed by atoms with van der Waals surface area (Å²) in [6.45, 7) is 3.18. The third kappa shape index (κ3) is 7.28. The number of hydrogen-bond acceptors (Lipinski definition) is 4. The molecule has 0 atom stereocenters. The number of carbonyl (C=O) groups is 2. The Balaban J connectivity index is 2.24. The van der Waals surface area contributed by atoms with Gasteiger partial charge >= 0.3 is 0 Å². The van der Waals surface area contributed by atoms with Crippen molar-refractivity contribution < 1.29 is 19.1 Å². The summed E-state index contributed by atoms with van der Waals surface area (Å²) in [6.07, 6.45) is 0. The van der Waals surface area contributed by atoms with E-state index in [1.807, 2.05) is 0 Å². The van der Waals surface area contributed by atoms with Crippen LogP contribution in [0.2, 0.25) is 5.02 Å². The third-order valence-corrected chi connectivity index (χ3v) is 3.15. The molecule has 0 radical (unpaired) electrons. The molecule has 2 amide bonds. The molecule has 22 heavy (non-hydrogen) atoms. The molecule has 0 fully saturated rings. The van der Waals surface area contributed by atoms with E-state index in [-0.39, 0.29) is 18.4 Å². The summed E-state index contributed by atoms with van der Waals surface area (Å²) >= 11 is 5.76. The van der Waals surface area contributed by atoms with Crippen molar-refractivity contribution in [3.63, 3.8) is 0 Å². The van der Waals surface area contributed by atoms with E-state index in [4.69, 9.17) is 21.1 Å². The molecule has 0 heterocycles. The average molecular weight is 329 g/mol. The molecular weight excluding hydrogens is 308 g/mol. The van der Waals surface area contributed by atoms with Gasteiger partial charge in [-0.2, -0.15) is 0 Å². The van der Waals surface area contributed by atoms with Crippen LogP contribution in [0.4, 0.5) is 0 Å². The highest BCUT2D eigenvalue weighted by Crippen LogP contribution is 2.15. The molecule has 0 aromatic heterocycles. The normalized spacial score (nSPS) is 10.1. The molecule has 0 unspecified atom stereocenters. The van der Waals surface area contributed by atoms with Gasteiger partial charge in [0.05, 0.1) is 6.61 Å². The molecule has 6 nitrogen and oxygen atoms in total. The maximum atomic E-state index is 11.7. The van der Waals surface area contributed by atoms with E-state index in [1.165, 1.54) is 6.92 Å². The summed E-state index contributed by atoms with van der Waals surface area (Å²) < 4.78 is 10.3. The van der Waals surface area contributed by atoms with Crippen molar-refractivity contribution in [2.75, 3.05) is 40.0 Å². The van der Waals surface area contributed by atoms with E-state index in [0.29, 0.717) is 37.0 Å². The van der Waals surface area contributed by atoms with Crippen LogP contribution >= 0.6 is 11.6 Å². The number of ether oxygens (including phenoxy) is 2. The minimum atomic E-state index is -0.245. The van der Waals surface area contributed by atoms with Gasteiger partial charge in [0, 0.05) is 38.7 Å². The fourth-order valence-corrected chi connectivity index (χ4v) is 1.82. The van der Waals surface area contributed by atoms with Crippen LogP contribution in [0.1, 0.15) is 6.92 Å². The van der Waals surface area contributed by atoms with Gasteiger partial charge in [-0.25, -0.2) is 0 Å². The molecule has 0 saturated heterocycles. The fraction of sp³-hybridized carbons (Fsp3) is 0.467. The van der Waals surface area contributed by atoms with E-state index in [9.17, 15) is 9.59 Å². The largest absolute Gasteiger partial charge is 0.484 e. The first kappa shape index (κ1) is 18.3. The van der Waals surface area contributed by atoms with Gasteiger partial charge in [-0.05, 0) is 24.3 Å². The topological polar surface area (TPSA) is 67.9 Å². The molecule has 1 rings (SSSR count). The number of benzene rings is 1. The van der Waals surface area contributed by atoms with E-state index in [0.717, 1.165) is 0 Å². The number of amides is 2. The molecule has 7 heteroatoms. The number of halogens is 1. The first-order valence-corrected chi connectivity index (χ1v) is 7.30. The van der Waals surface area contributed by atoms with Crippen molar-refractivity contribution in [2.24, 2.45) is 0 Å². The van der Waals surface area contributed by atoms with Crippen molar-refractivity contribution in [3.8, 4) is 5.75 Å². The molecular formula is C15H21ClN2O4. The zero-order chi connectivity index (χ0) is 16.4. The van der Waals surface area contributed by atoms with Gasteiger partial charge in [-0.3, -0.25) is 9.59 Å². The number of rotatable bonds is 9. The number of hydrogen-bond donors (Lipinski definition) is 1. The van der Waals surface area contributed by atoms with Crippen LogP contribution in [-0.4, -0.2) is 56.7 Å². The molecule has 0 saturated carbocycles. The minimum Gasteiger partial charge on any atom is -0.484 e. The van der Waals surface area contributed by atoms with Gasteiger partial charge in [0.25, 0.3) is 5.91 Å². The zero-order valence-corrected chi connectivity index (χ0v) is 13.6. The van der Waals surface area contributed by atoms with Crippen LogP contribution < -0.4 is 10.1 Å². The van der Waals surface area contributed by atoms with Gasteiger partial charge in [-0.1, -0.05) is 11.6 Å². The van der Waals surface area contributed by atoms with E-state index >= 15 is 0 Å². The van der Waals surface area contributed by atoms with E-state index < -0.39 is 0 Å². The zero-order valence-electron chi connectivity index (χ0n) is 12.8. The predicted molar refractivity (Wildman–Crippen MR) is 84.1 cm³/mol. The van der Waals surface area contributed by atoms with Gasteiger partial charge in [0.1, 0.15) is 5.75 Å². The molecule has 1 aromatic carbocycles. The summed E-state index contributed by atoms with van der Waals surface area (Å²) in [5, 5.41) is 3.31. The molecule has 1 N–H and O–H groups in total.